The lowest BCUT2D eigenvalue weighted by Crippen LogP contribution is -2.35. The Labute approximate surface area is 160 Å². The minimum absolute atomic E-state index is 0.303. The first-order valence-electron chi connectivity index (χ1n) is 8.34. The molecule has 0 spiro atoms. The number of esters is 1. The summed E-state index contributed by atoms with van der Waals surface area (Å²) >= 11 is 1.28. The third kappa shape index (κ3) is 4.71. The number of carbonyl (C=O) groups is 3. The second-order valence-electron chi connectivity index (χ2n) is 5.81. The Morgan fingerprint density at radius 1 is 1.04 bits per heavy atom. The van der Waals surface area contributed by atoms with Crippen LogP contribution in [0.5, 0.6) is 0 Å². The molecule has 0 aliphatic carbocycles. The highest BCUT2D eigenvalue weighted by molar-refractivity contribution is 7.12. The molecule has 138 valence electrons. The normalized spacial score (nSPS) is 11.6. The van der Waals surface area contributed by atoms with Crippen molar-refractivity contribution in [2.75, 3.05) is 11.9 Å². The van der Waals surface area contributed by atoms with Crippen molar-refractivity contribution >= 4 is 45.6 Å². The quantitative estimate of drug-likeness (QED) is 0.641. The van der Waals surface area contributed by atoms with Gasteiger partial charge in [-0.05, 0) is 29.8 Å². The number of anilines is 1. The van der Waals surface area contributed by atoms with Crippen LogP contribution in [0.3, 0.4) is 0 Å². The van der Waals surface area contributed by atoms with Crippen molar-refractivity contribution in [1.29, 1.82) is 0 Å². The van der Waals surface area contributed by atoms with Crippen LogP contribution in [-0.2, 0) is 14.3 Å². The average molecular weight is 382 g/mol. The van der Waals surface area contributed by atoms with E-state index in [2.05, 4.69) is 10.6 Å². The highest BCUT2D eigenvalue weighted by Crippen LogP contribution is 2.23. The lowest BCUT2D eigenvalue weighted by Gasteiger charge is -2.15. The molecule has 0 saturated carbocycles. The van der Waals surface area contributed by atoms with Gasteiger partial charge in [0.2, 0.25) is 0 Å². The van der Waals surface area contributed by atoms with Gasteiger partial charge in [-0.3, -0.25) is 14.4 Å². The van der Waals surface area contributed by atoms with Crippen LogP contribution in [0.4, 0.5) is 5.69 Å². The SMILES string of the molecule is C[C@@H](OC(=O)CNC(=O)c1cccs1)C(=O)Nc1cccc2ccccc12. The standard InChI is InChI=1S/C20H18N2O4S/c1-13(26-18(23)12-21-20(25)17-10-5-11-27-17)19(24)22-16-9-4-7-14-6-2-3-8-15(14)16/h2-11,13H,12H2,1H3,(H,21,25)(H,22,24)/t13-/m1/s1. The molecule has 3 aromatic rings. The predicted molar refractivity (Wildman–Crippen MR) is 105 cm³/mol. The number of hydrogen-bond donors (Lipinski definition) is 2. The second kappa shape index (κ2) is 8.46. The number of fused-ring (bicyclic) bond motifs is 1. The van der Waals surface area contributed by atoms with E-state index >= 15 is 0 Å². The first-order valence-corrected chi connectivity index (χ1v) is 9.22. The van der Waals surface area contributed by atoms with Crippen LogP contribution in [0.2, 0.25) is 0 Å². The highest BCUT2D eigenvalue weighted by Gasteiger charge is 2.19. The molecule has 0 aliphatic heterocycles. The van der Waals surface area contributed by atoms with Crippen LogP contribution in [-0.4, -0.2) is 30.4 Å². The fourth-order valence-corrected chi connectivity index (χ4v) is 3.15. The minimum Gasteiger partial charge on any atom is -0.451 e. The summed E-state index contributed by atoms with van der Waals surface area (Å²) in [5.41, 5.74) is 0.645. The lowest BCUT2D eigenvalue weighted by atomic mass is 10.1. The molecule has 7 heteroatoms. The zero-order chi connectivity index (χ0) is 19.2. The molecule has 0 bridgehead atoms. The highest BCUT2D eigenvalue weighted by atomic mass is 32.1. The molecule has 0 unspecified atom stereocenters. The Bertz CT molecular complexity index is 964. The van der Waals surface area contributed by atoms with Crippen LogP contribution in [0.15, 0.2) is 60.0 Å². The number of hydrogen-bond acceptors (Lipinski definition) is 5. The summed E-state index contributed by atoms with van der Waals surface area (Å²) in [6.45, 7) is 1.18. The monoisotopic (exact) mass is 382 g/mol. The van der Waals surface area contributed by atoms with E-state index in [9.17, 15) is 14.4 Å². The smallest absolute Gasteiger partial charge is 0.326 e. The summed E-state index contributed by atoms with van der Waals surface area (Å²) in [4.78, 5) is 36.5. The van der Waals surface area contributed by atoms with Crippen molar-refractivity contribution < 1.29 is 19.1 Å². The van der Waals surface area contributed by atoms with Gasteiger partial charge in [-0.2, -0.15) is 0 Å². The van der Waals surface area contributed by atoms with E-state index in [1.807, 2.05) is 36.4 Å². The van der Waals surface area contributed by atoms with E-state index in [0.29, 0.717) is 10.6 Å². The number of thiophene rings is 1. The molecular formula is C20H18N2O4S. The van der Waals surface area contributed by atoms with Gasteiger partial charge in [0.1, 0.15) is 6.54 Å². The Morgan fingerprint density at radius 2 is 1.81 bits per heavy atom. The number of carbonyl (C=O) groups excluding carboxylic acids is 3. The minimum atomic E-state index is -0.991. The Balaban J connectivity index is 1.54. The first-order chi connectivity index (χ1) is 13.0. The molecule has 0 saturated heterocycles. The molecule has 2 amide bonds. The van der Waals surface area contributed by atoms with Gasteiger partial charge in [-0.15, -0.1) is 11.3 Å². The van der Waals surface area contributed by atoms with Gasteiger partial charge in [0, 0.05) is 11.1 Å². The van der Waals surface area contributed by atoms with E-state index in [0.717, 1.165) is 10.8 Å². The van der Waals surface area contributed by atoms with Gasteiger partial charge in [0.25, 0.3) is 11.8 Å². The van der Waals surface area contributed by atoms with E-state index < -0.39 is 18.0 Å². The molecule has 2 N–H and O–H groups in total. The maximum atomic E-state index is 12.3. The number of rotatable bonds is 6. The lowest BCUT2D eigenvalue weighted by molar-refractivity contribution is -0.152. The third-order valence-corrected chi connectivity index (χ3v) is 4.73. The van der Waals surface area contributed by atoms with Crippen LogP contribution in [0.25, 0.3) is 10.8 Å². The zero-order valence-electron chi connectivity index (χ0n) is 14.6. The summed E-state index contributed by atoms with van der Waals surface area (Å²) in [5.74, 6) is -1.47. The summed E-state index contributed by atoms with van der Waals surface area (Å²) in [5, 5.41) is 8.91. The van der Waals surface area contributed by atoms with E-state index in [1.165, 1.54) is 18.3 Å². The third-order valence-electron chi connectivity index (χ3n) is 3.86. The van der Waals surface area contributed by atoms with Crippen molar-refractivity contribution in [3.8, 4) is 0 Å². The maximum absolute atomic E-state index is 12.3. The Kier molecular flexibility index (Phi) is 5.83. The van der Waals surface area contributed by atoms with Crippen LogP contribution < -0.4 is 10.6 Å². The fourth-order valence-electron chi connectivity index (χ4n) is 2.51. The maximum Gasteiger partial charge on any atom is 0.326 e. The van der Waals surface area contributed by atoms with Crippen LogP contribution in [0.1, 0.15) is 16.6 Å². The molecule has 6 nitrogen and oxygen atoms in total. The zero-order valence-corrected chi connectivity index (χ0v) is 15.4. The Hall–Kier alpha value is -3.19. The van der Waals surface area contributed by atoms with Crippen LogP contribution >= 0.6 is 11.3 Å². The summed E-state index contributed by atoms with van der Waals surface area (Å²) < 4.78 is 5.10. The summed E-state index contributed by atoms with van der Waals surface area (Å²) in [7, 11) is 0. The number of benzene rings is 2. The number of ether oxygens (including phenoxy) is 1. The molecular weight excluding hydrogens is 364 g/mol. The van der Waals surface area contributed by atoms with Crippen LogP contribution in [0, 0.1) is 0 Å². The molecule has 1 atom stereocenters. The molecule has 1 heterocycles. The van der Waals surface area contributed by atoms with Crippen molar-refractivity contribution in [2.24, 2.45) is 0 Å². The van der Waals surface area contributed by atoms with Gasteiger partial charge in [-0.1, -0.05) is 42.5 Å². The number of nitrogens with one attached hydrogen (secondary N) is 2. The molecule has 0 aliphatic rings. The van der Waals surface area contributed by atoms with E-state index in [1.54, 1.807) is 23.6 Å². The molecule has 27 heavy (non-hydrogen) atoms. The van der Waals surface area contributed by atoms with Gasteiger partial charge < -0.3 is 15.4 Å². The van der Waals surface area contributed by atoms with Crippen molar-refractivity contribution in [1.82, 2.24) is 5.32 Å². The van der Waals surface area contributed by atoms with E-state index in [-0.39, 0.29) is 12.5 Å². The largest absolute Gasteiger partial charge is 0.451 e. The first kappa shape index (κ1) is 18.6. The molecule has 0 fully saturated rings. The summed E-state index contributed by atoms with van der Waals surface area (Å²) in [6.07, 6.45) is -0.991. The van der Waals surface area contributed by atoms with E-state index in [4.69, 9.17) is 4.74 Å². The predicted octanol–water partition coefficient (Wildman–Crippen LogP) is 3.20. The summed E-state index contributed by atoms with van der Waals surface area (Å²) in [6, 6.07) is 16.6. The van der Waals surface area contributed by atoms with Gasteiger partial charge in [0.05, 0.1) is 4.88 Å². The second-order valence-corrected chi connectivity index (χ2v) is 6.76. The fraction of sp³-hybridized carbons (Fsp3) is 0.150. The van der Waals surface area contributed by atoms with Crippen molar-refractivity contribution in [2.45, 2.75) is 13.0 Å². The Morgan fingerprint density at radius 3 is 2.59 bits per heavy atom. The molecule has 2 aromatic carbocycles. The molecule has 3 rings (SSSR count). The van der Waals surface area contributed by atoms with Crippen molar-refractivity contribution in [3.63, 3.8) is 0 Å². The topological polar surface area (TPSA) is 84.5 Å². The average Bonchev–Trinajstić information content (AvgIpc) is 3.21. The molecule has 1 aromatic heterocycles. The van der Waals surface area contributed by atoms with Crippen molar-refractivity contribution in [3.05, 3.63) is 64.9 Å². The molecule has 0 radical (unpaired) electrons. The van der Waals surface area contributed by atoms with Gasteiger partial charge in [0.15, 0.2) is 6.10 Å². The van der Waals surface area contributed by atoms with Gasteiger partial charge in [-0.25, -0.2) is 0 Å². The van der Waals surface area contributed by atoms with Gasteiger partial charge >= 0.3 is 5.97 Å². The number of amides is 2.